The third kappa shape index (κ3) is 3.19. The lowest BCUT2D eigenvalue weighted by Crippen LogP contribution is -2.19. The Labute approximate surface area is 92.4 Å². The fraction of sp³-hybridized carbons (Fsp3) is 0.750. The number of carbonyl (C=O) groups is 1. The van der Waals surface area contributed by atoms with Crippen LogP contribution in [0.4, 0.5) is 0 Å². The fourth-order valence-electron chi connectivity index (χ4n) is 1.18. The lowest BCUT2D eigenvalue weighted by atomic mass is 10.2. The molecule has 0 bridgehead atoms. The number of rotatable bonds is 5. The Kier molecular flexibility index (Phi) is 4.54. The van der Waals surface area contributed by atoms with Gasteiger partial charge >= 0.3 is 5.97 Å². The van der Waals surface area contributed by atoms with Gasteiger partial charge in [0.15, 0.2) is 5.82 Å². The number of tetrazole rings is 1. The average Bonchev–Trinajstić information content (AvgIpc) is 2.65. The van der Waals surface area contributed by atoms with Gasteiger partial charge in [0.25, 0.3) is 0 Å². The number of thioether (sulfide) groups is 1. The van der Waals surface area contributed by atoms with Crippen molar-refractivity contribution in [3.63, 3.8) is 0 Å². The lowest BCUT2D eigenvalue weighted by Gasteiger charge is -2.10. The number of aromatic nitrogens is 4. The predicted octanol–water partition coefficient (Wildman–Crippen LogP) is 0.0473. The number of ether oxygens (including phenoxy) is 1. The second-order valence-corrected chi connectivity index (χ2v) is 4.05. The zero-order valence-corrected chi connectivity index (χ0v) is 9.82. The van der Waals surface area contributed by atoms with Gasteiger partial charge in [-0.1, -0.05) is 0 Å². The first-order chi connectivity index (χ1) is 7.19. The van der Waals surface area contributed by atoms with E-state index in [0.717, 1.165) is 5.82 Å². The summed E-state index contributed by atoms with van der Waals surface area (Å²) in [6.45, 7) is 0. The van der Waals surface area contributed by atoms with Crippen LogP contribution < -0.4 is 0 Å². The molecule has 0 fully saturated rings. The molecular weight excluding hydrogens is 216 g/mol. The van der Waals surface area contributed by atoms with Crippen LogP contribution >= 0.6 is 11.8 Å². The average molecular weight is 230 g/mol. The molecule has 1 rings (SSSR count). The van der Waals surface area contributed by atoms with E-state index in [9.17, 15) is 4.79 Å². The minimum Gasteiger partial charge on any atom is -0.468 e. The van der Waals surface area contributed by atoms with Crippen LogP contribution in [0.1, 0.15) is 12.2 Å². The van der Waals surface area contributed by atoms with E-state index >= 15 is 0 Å². The number of aryl methyl sites for hydroxylation is 2. The monoisotopic (exact) mass is 230 g/mol. The molecule has 15 heavy (non-hydrogen) atoms. The van der Waals surface area contributed by atoms with E-state index < -0.39 is 0 Å². The van der Waals surface area contributed by atoms with Gasteiger partial charge in [-0.3, -0.25) is 4.79 Å². The zero-order chi connectivity index (χ0) is 11.3. The number of hydrogen-bond donors (Lipinski definition) is 0. The van der Waals surface area contributed by atoms with Gasteiger partial charge in [0.05, 0.1) is 7.11 Å². The van der Waals surface area contributed by atoms with Crippen molar-refractivity contribution >= 4 is 17.7 Å². The summed E-state index contributed by atoms with van der Waals surface area (Å²) in [5, 5.41) is 10.9. The molecule has 0 aliphatic heterocycles. The Balaban J connectivity index is 2.48. The Morgan fingerprint density at radius 1 is 1.67 bits per heavy atom. The fourth-order valence-corrected chi connectivity index (χ4v) is 1.83. The highest BCUT2D eigenvalue weighted by molar-refractivity contribution is 7.99. The topological polar surface area (TPSA) is 69.9 Å². The van der Waals surface area contributed by atoms with Crippen LogP contribution in [0.25, 0.3) is 0 Å². The second kappa shape index (κ2) is 5.69. The van der Waals surface area contributed by atoms with E-state index in [-0.39, 0.29) is 11.2 Å². The third-order valence-electron chi connectivity index (χ3n) is 2.09. The van der Waals surface area contributed by atoms with Crippen LogP contribution in [0.5, 0.6) is 0 Å². The van der Waals surface area contributed by atoms with Crippen molar-refractivity contribution in [2.24, 2.45) is 7.05 Å². The SMILES string of the molecule is COC(=O)C(CCc1nnnn1C)SC. The Morgan fingerprint density at radius 2 is 2.40 bits per heavy atom. The van der Waals surface area contributed by atoms with Gasteiger partial charge in [0.1, 0.15) is 5.25 Å². The summed E-state index contributed by atoms with van der Waals surface area (Å²) < 4.78 is 6.29. The minimum absolute atomic E-state index is 0.147. The zero-order valence-electron chi connectivity index (χ0n) is 9.01. The van der Waals surface area contributed by atoms with E-state index in [4.69, 9.17) is 0 Å². The predicted molar refractivity (Wildman–Crippen MR) is 56.4 cm³/mol. The third-order valence-corrected chi connectivity index (χ3v) is 3.08. The van der Waals surface area contributed by atoms with Gasteiger partial charge in [-0.05, 0) is 23.1 Å². The highest BCUT2D eigenvalue weighted by Gasteiger charge is 2.18. The van der Waals surface area contributed by atoms with Gasteiger partial charge in [0.2, 0.25) is 0 Å². The largest absolute Gasteiger partial charge is 0.468 e. The highest BCUT2D eigenvalue weighted by atomic mass is 32.2. The smallest absolute Gasteiger partial charge is 0.318 e. The van der Waals surface area contributed by atoms with Crippen LogP contribution in [0.2, 0.25) is 0 Å². The van der Waals surface area contributed by atoms with Crippen molar-refractivity contribution < 1.29 is 9.53 Å². The molecule has 0 saturated carbocycles. The van der Waals surface area contributed by atoms with Crippen LogP contribution in [-0.2, 0) is 23.0 Å². The first-order valence-corrected chi connectivity index (χ1v) is 5.79. The van der Waals surface area contributed by atoms with E-state index in [1.165, 1.54) is 18.9 Å². The molecule has 0 aliphatic rings. The standard InChI is InChI=1S/C8H14N4O2S/c1-12-7(9-10-11-12)5-4-6(15-3)8(13)14-2/h6H,4-5H2,1-3H3. The molecule has 0 radical (unpaired) electrons. The van der Waals surface area contributed by atoms with E-state index in [2.05, 4.69) is 20.3 Å². The van der Waals surface area contributed by atoms with Crippen LogP contribution in [-0.4, -0.2) is 44.8 Å². The molecule has 1 aromatic heterocycles. The van der Waals surface area contributed by atoms with Crippen molar-refractivity contribution in [2.45, 2.75) is 18.1 Å². The summed E-state index contributed by atoms with van der Waals surface area (Å²) in [6, 6.07) is 0. The molecule has 1 aromatic rings. The molecule has 1 atom stereocenters. The normalized spacial score (nSPS) is 12.5. The Hall–Kier alpha value is -1.11. The van der Waals surface area contributed by atoms with E-state index in [1.807, 2.05) is 6.26 Å². The van der Waals surface area contributed by atoms with Gasteiger partial charge in [-0.2, -0.15) is 11.8 Å². The van der Waals surface area contributed by atoms with Crippen LogP contribution in [0, 0.1) is 0 Å². The molecule has 0 aromatic carbocycles. The number of methoxy groups -OCH3 is 1. The lowest BCUT2D eigenvalue weighted by molar-refractivity contribution is -0.140. The summed E-state index contributed by atoms with van der Waals surface area (Å²) in [5.41, 5.74) is 0. The van der Waals surface area contributed by atoms with Gasteiger partial charge in [-0.25, -0.2) is 4.68 Å². The van der Waals surface area contributed by atoms with Crippen molar-refractivity contribution in [1.82, 2.24) is 20.2 Å². The Morgan fingerprint density at radius 3 is 2.87 bits per heavy atom. The maximum atomic E-state index is 11.3. The molecule has 1 unspecified atom stereocenters. The number of carbonyl (C=O) groups excluding carboxylic acids is 1. The molecule has 0 spiro atoms. The molecular formula is C8H14N4O2S. The summed E-state index contributed by atoms with van der Waals surface area (Å²) in [6.07, 6.45) is 3.24. The maximum absolute atomic E-state index is 11.3. The molecule has 0 amide bonds. The molecule has 7 heteroatoms. The molecule has 1 heterocycles. The highest BCUT2D eigenvalue weighted by Crippen LogP contribution is 2.14. The maximum Gasteiger partial charge on any atom is 0.318 e. The van der Waals surface area contributed by atoms with Crippen LogP contribution in [0.3, 0.4) is 0 Å². The Bertz CT molecular complexity index is 328. The number of esters is 1. The van der Waals surface area contributed by atoms with Crippen molar-refractivity contribution in [3.8, 4) is 0 Å². The van der Waals surface area contributed by atoms with Crippen molar-refractivity contribution in [2.75, 3.05) is 13.4 Å². The van der Waals surface area contributed by atoms with E-state index in [0.29, 0.717) is 12.8 Å². The first kappa shape index (κ1) is 12.0. The molecule has 6 nitrogen and oxygen atoms in total. The van der Waals surface area contributed by atoms with Crippen molar-refractivity contribution in [3.05, 3.63) is 5.82 Å². The summed E-state index contributed by atoms with van der Waals surface area (Å²) in [5.74, 6) is 0.579. The number of nitrogens with zero attached hydrogens (tertiary/aromatic N) is 4. The number of hydrogen-bond acceptors (Lipinski definition) is 6. The second-order valence-electron chi connectivity index (χ2n) is 3.00. The van der Waals surface area contributed by atoms with Gasteiger partial charge in [0, 0.05) is 13.5 Å². The minimum atomic E-state index is -0.197. The summed E-state index contributed by atoms with van der Waals surface area (Å²) in [7, 11) is 3.18. The molecule has 0 aliphatic carbocycles. The van der Waals surface area contributed by atoms with Gasteiger partial charge < -0.3 is 4.74 Å². The van der Waals surface area contributed by atoms with E-state index in [1.54, 1.807) is 11.7 Å². The van der Waals surface area contributed by atoms with Gasteiger partial charge in [-0.15, -0.1) is 5.10 Å². The molecule has 0 saturated heterocycles. The first-order valence-electron chi connectivity index (χ1n) is 4.51. The molecule has 84 valence electrons. The summed E-state index contributed by atoms with van der Waals surface area (Å²) in [4.78, 5) is 11.3. The van der Waals surface area contributed by atoms with Crippen LogP contribution in [0.15, 0.2) is 0 Å². The van der Waals surface area contributed by atoms with Crippen molar-refractivity contribution in [1.29, 1.82) is 0 Å². The molecule has 0 N–H and O–H groups in total. The summed E-state index contributed by atoms with van der Waals surface area (Å²) >= 11 is 1.48. The quantitative estimate of drug-likeness (QED) is 0.666.